The number of hydrogen-bond donors (Lipinski definition) is 0. The van der Waals surface area contributed by atoms with Gasteiger partial charge in [0.15, 0.2) is 11.5 Å². The first-order valence-corrected chi connectivity index (χ1v) is 8.96. The van der Waals surface area contributed by atoms with Crippen molar-refractivity contribution in [1.29, 1.82) is 0 Å². The molecular weight excluding hydrogens is 372 g/mol. The molecule has 1 atom stereocenters. The Labute approximate surface area is 143 Å². The van der Waals surface area contributed by atoms with E-state index in [1.165, 1.54) is 5.56 Å². The molecule has 2 aromatic rings. The molecule has 2 rings (SSSR count). The Bertz CT molecular complexity index is 612. The smallest absolute Gasteiger partial charge is 0.162 e. The van der Waals surface area contributed by atoms with Gasteiger partial charge in [-0.15, -0.1) is 22.9 Å². The first-order chi connectivity index (χ1) is 10.1. The first-order valence-electron chi connectivity index (χ1n) is 6.85. The Hall–Kier alpha value is -0.710. The molecule has 0 aliphatic carbocycles. The molecule has 21 heavy (non-hydrogen) atoms. The van der Waals surface area contributed by atoms with Gasteiger partial charge in [-0.25, -0.2) is 0 Å². The lowest BCUT2D eigenvalue weighted by Gasteiger charge is -2.17. The van der Waals surface area contributed by atoms with Crippen LogP contribution in [0.3, 0.4) is 0 Å². The third-order valence-electron chi connectivity index (χ3n) is 3.07. The second-order valence-corrected chi connectivity index (χ2v) is 6.76. The first kappa shape index (κ1) is 16.7. The fourth-order valence-corrected chi connectivity index (χ4v) is 4.18. The second-order valence-electron chi connectivity index (χ2n) is 4.52. The predicted molar refractivity (Wildman–Crippen MR) is 93.2 cm³/mol. The molecule has 1 aromatic heterocycles. The van der Waals surface area contributed by atoms with Crippen molar-refractivity contribution in [2.75, 3.05) is 13.2 Å². The van der Waals surface area contributed by atoms with Gasteiger partial charge in [-0.2, -0.15) is 0 Å². The average molecular weight is 390 g/mol. The molecule has 0 saturated heterocycles. The highest BCUT2D eigenvalue weighted by atomic mass is 79.9. The minimum atomic E-state index is -0.200. The zero-order chi connectivity index (χ0) is 15.4. The molecule has 1 aromatic carbocycles. The van der Waals surface area contributed by atoms with Crippen molar-refractivity contribution in [1.82, 2.24) is 0 Å². The highest BCUT2D eigenvalue weighted by Gasteiger charge is 2.20. The summed E-state index contributed by atoms with van der Waals surface area (Å²) in [5.41, 5.74) is 2.20. The van der Waals surface area contributed by atoms with Gasteiger partial charge in [-0.1, -0.05) is 15.9 Å². The molecule has 1 heterocycles. The molecule has 0 N–H and O–H groups in total. The molecular formula is C16H18BrClO2S. The monoisotopic (exact) mass is 388 g/mol. The van der Waals surface area contributed by atoms with Crippen molar-refractivity contribution < 1.29 is 9.47 Å². The normalized spacial score (nSPS) is 12.2. The molecule has 0 spiro atoms. The SMILES string of the molecule is CCOc1cc(Br)c(C(Cl)c2sccc2C)cc1OCC. The summed E-state index contributed by atoms with van der Waals surface area (Å²) in [6.07, 6.45) is 0. The van der Waals surface area contributed by atoms with Gasteiger partial charge in [0, 0.05) is 9.35 Å². The third kappa shape index (κ3) is 3.74. The highest BCUT2D eigenvalue weighted by molar-refractivity contribution is 9.10. The lowest BCUT2D eigenvalue weighted by Crippen LogP contribution is -2.01. The van der Waals surface area contributed by atoms with E-state index in [1.54, 1.807) is 11.3 Å². The lowest BCUT2D eigenvalue weighted by atomic mass is 10.1. The van der Waals surface area contributed by atoms with Crippen LogP contribution in [-0.2, 0) is 0 Å². The molecule has 0 amide bonds. The molecule has 114 valence electrons. The van der Waals surface area contributed by atoms with Crippen molar-refractivity contribution in [2.24, 2.45) is 0 Å². The lowest BCUT2D eigenvalue weighted by molar-refractivity contribution is 0.287. The number of thiophene rings is 1. The summed E-state index contributed by atoms with van der Waals surface area (Å²) in [5, 5.41) is 1.86. The number of ether oxygens (including phenoxy) is 2. The van der Waals surface area contributed by atoms with Crippen molar-refractivity contribution in [3.8, 4) is 11.5 Å². The van der Waals surface area contributed by atoms with Crippen LogP contribution in [0.4, 0.5) is 0 Å². The van der Waals surface area contributed by atoms with Crippen LogP contribution in [0.2, 0.25) is 0 Å². The Morgan fingerprint density at radius 2 is 1.81 bits per heavy atom. The van der Waals surface area contributed by atoms with Gasteiger partial charge in [0.2, 0.25) is 0 Å². The number of benzene rings is 1. The standard InChI is InChI=1S/C16H18BrClO2S/c1-4-19-13-8-11(12(17)9-14(13)20-5-2)15(18)16-10(3)6-7-21-16/h6-9,15H,4-5H2,1-3H3. The van der Waals surface area contributed by atoms with Gasteiger partial charge in [0.1, 0.15) is 0 Å². The van der Waals surface area contributed by atoms with Crippen LogP contribution >= 0.6 is 38.9 Å². The Morgan fingerprint density at radius 3 is 2.33 bits per heavy atom. The third-order valence-corrected chi connectivity index (χ3v) is 5.42. The summed E-state index contributed by atoms with van der Waals surface area (Å²) in [7, 11) is 0. The second kappa shape index (κ2) is 7.52. The quantitative estimate of drug-likeness (QED) is 0.569. The van der Waals surface area contributed by atoms with Gasteiger partial charge in [-0.05, 0) is 55.5 Å². The highest BCUT2D eigenvalue weighted by Crippen LogP contribution is 2.42. The van der Waals surface area contributed by atoms with Gasteiger partial charge < -0.3 is 9.47 Å². The summed E-state index contributed by atoms with van der Waals surface area (Å²) < 4.78 is 12.2. The maximum absolute atomic E-state index is 6.67. The van der Waals surface area contributed by atoms with Crippen LogP contribution in [0, 0.1) is 6.92 Å². The molecule has 1 unspecified atom stereocenters. The summed E-state index contributed by atoms with van der Waals surface area (Å²) in [6.45, 7) is 7.18. The van der Waals surface area contributed by atoms with E-state index in [4.69, 9.17) is 21.1 Å². The number of hydrogen-bond acceptors (Lipinski definition) is 3. The zero-order valence-electron chi connectivity index (χ0n) is 12.3. The predicted octanol–water partition coefficient (Wildman–Crippen LogP) is 5.94. The van der Waals surface area contributed by atoms with E-state index in [2.05, 4.69) is 34.3 Å². The van der Waals surface area contributed by atoms with Gasteiger partial charge in [-0.3, -0.25) is 0 Å². The minimum Gasteiger partial charge on any atom is -0.490 e. The van der Waals surface area contributed by atoms with E-state index < -0.39 is 0 Å². The Balaban J connectivity index is 2.44. The average Bonchev–Trinajstić information content (AvgIpc) is 2.87. The number of aryl methyl sites for hydroxylation is 1. The topological polar surface area (TPSA) is 18.5 Å². The van der Waals surface area contributed by atoms with E-state index in [0.717, 1.165) is 26.4 Å². The fraction of sp³-hybridized carbons (Fsp3) is 0.375. The van der Waals surface area contributed by atoms with Crippen molar-refractivity contribution >= 4 is 38.9 Å². The van der Waals surface area contributed by atoms with E-state index in [0.29, 0.717) is 13.2 Å². The fourth-order valence-electron chi connectivity index (χ4n) is 2.07. The molecule has 0 aliphatic rings. The molecule has 0 saturated carbocycles. The summed E-state index contributed by atoms with van der Waals surface area (Å²) in [4.78, 5) is 1.16. The van der Waals surface area contributed by atoms with Crippen LogP contribution in [0.25, 0.3) is 0 Å². The molecule has 0 aliphatic heterocycles. The van der Waals surface area contributed by atoms with E-state index >= 15 is 0 Å². The summed E-state index contributed by atoms with van der Waals surface area (Å²) in [5.74, 6) is 1.47. The number of alkyl halides is 1. The van der Waals surface area contributed by atoms with Crippen molar-refractivity contribution in [3.63, 3.8) is 0 Å². The van der Waals surface area contributed by atoms with Crippen LogP contribution in [0.15, 0.2) is 28.1 Å². The Morgan fingerprint density at radius 1 is 1.19 bits per heavy atom. The van der Waals surface area contributed by atoms with Crippen LogP contribution in [-0.4, -0.2) is 13.2 Å². The summed E-state index contributed by atoms with van der Waals surface area (Å²) in [6, 6.07) is 5.98. The molecule has 0 fully saturated rings. The maximum Gasteiger partial charge on any atom is 0.162 e. The van der Waals surface area contributed by atoms with Crippen LogP contribution < -0.4 is 9.47 Å². The van der Waals surface area contributed by atoms with Crippen molar-refractivity contribution in [3.05, 3.63) is 44.1 Å². The Kier molecular flexibility index (Phi) is 5.97. The van der Waals surface area contributed by atoms with Gasteiger partial charge >= 0.3 is 0 Å². The van der Waals surface area contributed by atoms with Gasteiger partial charge in [0.25, 0.3) is 0 Å². The number of rotatable bonds is 6. The molecule has 0 radical (unpaired) electrons. The molecule has 5 heteroatoms. The summed E-state index contributed by atoms with van der Waals surface area (Å²) >= 11 is 11.9. The van der Waals surface area contributed by atoms with Gasteiger partial charge in [0.05, 0.1) is 18.6 Å². The van der Waals surface area contributed by atoms with E-state index in [1.807, 2.05) is 26.0 Å². The maximum atomic E-state index is 6.67. The van der Waals surface area contributed by atoms with Crippen LogP contribution in [0.1, 0.15) is 35.2 Å². The minimum absolute atomic E-state index is 0.200. The molecule has 2 nitrogen and oxygen atoms in total. The number of halogens is 2. The van der Waals surface area contributed by atoms with E-state index in [-0.39, 0.29) is 5.38 Å². The van der Waals surface area contributed by atoms with E-state index in [9.17, 15) is 0 Å². The molecule has 0 bridgehead atoms. The van der Waals surface area contributed by atoms with Crippen LogP contribution in [0.5, 0.6) is 11.5 Å². The van der Waals surface area contributed by atoms with Crippen molar-refractivity contribution in [2.45, 2.75) is 26.1 Å². The zero-order valence-corrected chi connectivity index (χ0v) is 15.4. The largest absolute Gasteiger partial charge is 0.490 e.